The second kappa shape index (κ2) is 8.06. The molecule has 0 saturated heterocycles. The van der Waals surface area contributed by atoms with Crippen LogP contribution in [0.5, 0.6) is 5.75 Å². The number of rotatable bonds is 7. The number of nitrogens with zero attached hydrogens (tertiary/aromatic N) is 1. The Balaban J connectivity index is 1.99. The molecule has 0 bridgehead atoms. The summed E-state index contributed by atoms with van der Waals surface area (Å²) in [6.07, 6.45) is 0. The first-order chi connectivity index (χ1) is 11.5. The van der Waals surface area contributed by atoms with E-state index in [4.69, 9.17) is 4.74 Å². The molecule has 126 valence electrons. The lowest BCUT2D eigenvalue weighted by atomic mass is 10.2. The first-order valence-corrected chi connectivity index (χ1v) is 7.68. The average molecular weight is 350 g/mol. The van der Waals surface area contributed by atoms with Gasteiger partial charge in [-0.25, -0.2) is 4.79 Å². The summed E-state index contributed by atoms with van der Waals surface area (Å²) >= 11 is 1.50. The van der Waals surface area contributed by atoms with E-state index in [0.717, 1.165) is 10.9 Å². The fraction of sp³-hybridized carbons (Fsp3) is 0.200. The minimum absolute atomic E-state index is 0.0266. The molecule has 0 spiro atoms. The lowest BCUT2D eigenvalue weighted by Crippen LogP contribution is -2.28. The van der Waals surface area contributed by atoms with Crippen LogP contribution >= 0.6 is 11.3 Å². The molecule has 0 unspecified atom stereocenters. The van der Waals surface area contributed by atoms with Crippen LogP contribution in [-0.2, 0) is 16.1 Å². The number of benzene rings is 1. The topological polar surface area (TPSA) is 108 Å². The third-order valence-electron chi connectivity index (χ3n) is 2.98. The summed E-state index contributed by atoms with van der Waals surface area (Å²) in [6.45, 7) is -0.00693. The number of nitro groups is 1. The van der Waals surface area contributed by atoms with Crippen LogP contribution < -0.4 is 10.1 Å². The molecular weight excluding hydrogens is 336 g/mol. The van der Waals surface area contributed by atoms with E-state index in [0.29, 0.717) is 6.54 Å². The highest BCUT2D eigenvalue weighted by molar-refractivity contribution is 7.09. The summed E-state index contributed by atoms with van der Waals surface area (Å²) in [5.74, 6) is -1.20. The van der Waals surface area contributed by atoms with Gasteiger partial charge in [-0.2, -0.15) is 0 Å². The maximum absolute atomic E-state index is 11.7. The van der Waals surface area contributed by atoms with Crippen molar-refractivity contribution in [1.82, 2.24) is 5.32 Å². The molecule has 1 aromatic heterocycles. The number of ether oxygens (including phenoxy) is 2. The highest BCUT2D eigenvalue weighted by Gasteiger charge is 2.19. The van der Waals surface area contributed by atoms with Crippen molar-refractivity contribution in [3.05, 3.63) is 56.3 Å². The van der Waals surface area contributed by atoms with Gasteiger partial charge in [-0.3, -0.25) is 14.9 Å². The minimum atomic E-state index is -0.696. The van der Waals surface area contributed by atoms with Crippen LogP contribution in [0.3, 0.4) is 0 Å². The molecule has 2 aromatic rings. The number of nitrogens with one attached hydrogen (secondary N) is 1. The van der Waals surface area contributed by atoms with Gasteiger partial charge in [0.05, 0.1) is 24.1 Å². The summed E-state index contributed by atoms with van der Waals surface area (Å²) in [7, 11) is 1.18. The lowest BCUT2D eigenvalue weighted by Gasteiger charge is -2.08. The number of hydrogen-bond donors (Lipinski definition) is 1. The fourth-order valence-corrected chi connectivity index (χ4v) is 2.46. The van der Waals surface area contributed by atoms with Gasteiger partial charge in [0.25, 0.3) is 5.91 Å². The molecule has 0 atom stereocenters. The Morgan fingerprint density at radius 3 is 2.75 bits per heavy atom. The largest absolute Gasteiger partial charge is 0.477 e. The summed E-state index contributed by atoms with van der Waals surface area (Å²) in [4.78, 5) is 34.5. The van der Waals surface area contributed by atoms with Crippen LogP contribution in [0.25, 0.3) is 0 Å². The first-order valence-electron chi connectivity index (χ1n) is 6.80. The Hall–Kier alpha value is -2.94. The standard InChI is InChI=1S/C15H14N2O6S/c1-22-15(19)10-4-5-13(12(7-10)17(20)21)23-9-14(18)16-8-11-3-2-6-24-11/h2-7H,8-9H2,1H3,(H,16,18). The number of methoxy groups -OCH3 is 1. The third-order valence-corrected chi connectivity index (χ3v) is 3.85. The van der Waals surface area contributed by atoms with Crippen molar-refractivity contribution >= 4 is 28.9 Å². The predicted molar refractivity (Wildman–Crippen MR) is 86.1 cm³/mol. The van der Waals surface area contributed by atoms with E-state index < -0.39 is 22.5 Å². The highest BCUT2D eigenvalue weighted by Crippen LogP contribution is 2.28. The third kappa shape index (κ3) is 4.53. The van der Waals surface area contributed by atoms with Crippen LogP contribution in [0.15, 0.2) is 35.7 Å². The number of esters is 1. The van der Waals surface area contributed by atoms with E-state index in [-0.39, 0.29) is 17.9 Å². The van der Waals surface area contributed by atoms with Crippen LogP contribution in [0, 0.1) is 10.1 Å². The maximum atomic E-state index is 11.7. The number of thiophene rings is 1. The average Bonchev–Trinajstić information content (AvgIpc) is 3.10. The van der Waals surface area contributed by atoms with Crippen molar-refractivity contribution in [1.29, 1.82) is 0 Å². The molecule has 0 radical (unpaired) electrons. The molecular formula is C15H14N2O6S. The molecule has 8 nitrogen and oxygen atoms in total. The highest BCUT2D eigenvalue weighted by atomic mass is 32.1. The van der Waals surface area contributed by atoms with Crippen LogP contribution in [0.4, 0.5) is 5.69 Å². The second-order valence-electron chi connectivity index (χ2n) is 4.58. The van der Waals surface area contributed by atoms with E-state index in [1.54, 1.807) is 0 Å². The Bertz CT molecular complexity index is 744. The Labute approximate surface area is 141 Å². The van der Waals surface area contributed by atoms with Gasteiger partial charge < -0.3 is 14.8 Å². The van der Waals surface area contributed by atoms with Crippen LogP contribution in [0.1, 0.15) is 15.2 Å². The van der Waals surface area contributed by atoms with Gasteiger partial charge in [-0.1, -0.05) is 6.07 Å². The van der Waals surface area contributed by atoms with Gasteiger partial charge in [0.2, 0.25) is 0 Å². The van der Waals surface area contributed by atoms with E-state index in [2.05, 4.69) is 10.1 Å². The van der Waals surface area contributed by atoms with Crippen molar-refractivity contribution in [3.8, 4) is 5.75 Å². The Morgan fingerprint density at radius 2 is 2.12 bits per heavy atom. The SMILES string of the molecule is COC(=O)c1ccc(OCC(=O)NCc2cccs2)c([N+](=O)[O-])c1. The molecule has 1 aromatic carbocycles. The number of carbonyl (C=O) groups is 2. The molecule has 0 aliphatic heterocycles. The predicted octanol–water partition coefficient (Wildman–Crippen LogP) is 2.14. The molecule has 0 aliphatic rings. The molecule has 0 fully saturated rings. The summed E-state index contributed by atoms with van der Waals surface area (Å²) in [6, 6.07) is 7.39. The summed E-state index contributed by atoms with van der Waals surface area (Å²) < 4.78 is 9.71. The normalized spacial score (nSPS) is 10.0. The van der Waals surface area contributed by atoms with Crippen molar-refractivity contribution in [3.63, 3.8) is 0 Å². The van der Waals surface area contributed by atoms with Crippen LogP contribution in [0.2, 0.25) is 0 Å². The maximum Gasteiger partial charge on any atom is 0.338 e. The van der Waals surface area contributed by atoms with Gasteiger partial charge in [-0.05, 0) is 23.6 Å². The molecule has 1 amide bonds. The molecule has 2 rings (SSSR count). The van der Waals surface area contributed by atoms with Crippen LogP contribution in [-0.4, -0.2) is 30.5 Å². The van der Waals surface area contributed by atoms with Crippen molar-refractivity contribution in [2.24, 2.45) is 0 Å². The number of carbonyl (C=O) groups excluding carboxylic acids is 2. The van der Waals surface area contributed by atoms with E-state index >= 15 is 0 Å². The molecule has 1 heterocycles. The van der Waals surface area contributed by atoms with E-state index in [9.17, 15) is 19.7 Å². The van der Waals surface area contributed by atoms with Gasteiger partial charge >= 0.3 is 11.7 Å². The second-order valence-corrected chi connectivity index (χ2v) is 5.61. The van der Waals surface area contributed by atoms with Crippen molar-refractivity contribution in [2.75, 3.05) is 13.7 Å². The number of hydrogen-bond acceptors (Lipinski definition) is 7. The lowest BCUT2D eigenvalue weighted by molar-refractivity contribution is -0.385. The smallest absolute Gasteiger partial charge is 0.338 e. The Kier molecular flexibility index (Phi) is 5.85. The Morgan fingerprint density at radius 1 is 1.33 bits per heavy atom. The first kappa shape index (κ1) is 17.4. The monoisotopic (exact) mass is 350 g/mol. The van der Waals surface area contributed by atoms with Crippen molar-refractivity contribution < 1.29 is 24.0 Å². The van der Waals surface area contributed by atoms with Gasteiger partial charge in [0.1, 0.15) is 0 Å². The van der Waals surface area contributed by atoms with Gasteiger partial charge in [0.15, 0.2) is 12.4 Å². The van der Waals surface area contributed by atoms with Crippen molar-refractivity contribution in [2.45, 2.75) is 6.54 Å². The number of nitro benzene ring substituents is 1. The van der Waals surface area contributed by atoms with E-state index in [1.165, 1.54) is 30.6 Å². The minimum Gasteiger partial charge on any atom is -0.477 e. The zero-order valence-corrected chi connectivity index (χ0v) is 13.5. The molecule has 0 saturated carbocycles. The molecule has 1 N–H and O–H groups in total. The zero-order chi connectivity index (χ0) is 17.5. The molecule has 0 aliphatic carbocycles. The summed E-state index contributed by atoms with van der Waals surface area (Å²) in [5.41, 5.74) is -0.386. The van der Waals surface area contributed by atoms with E-state index in [1.807, 2.05) is 17.5 Å². The summed E-state index contributed by atoms with van der Waals surface area (Å²) in [5, 5.41) is 15.6. The quantitative estimate of drug-likeness (QED) is 0.466. The molecule has 9 heteroatoms. The van der Waals surface area contributed by atoms with Gasteiger partial charge in [-0.15, -0.1) is 11.3 Å². The number of amides is 1. The van der Waals surface area contributed by atoms with Gasteiger partial charge in [0, 0.05) is 10.9 Å². The molecule has 24 heavy (non-hydrogen) atoms. The zero-order valence-electron chi connectivity index (χ0n) is 12.7. The fourth-order valence-electron chi connectivity index (χ4n) is 1.82.